The fraction of sp³-hybridized carbons (Fsp3) is 0.326. The molecule has 5 aromatic heterocycles. The van der Waals surface area contributed by atoms with Crippen LogP contribution in [0.25, 0.3) is 11.3 Å². The minimum absolute atomic E-state index is 0.210. The summed E-state index contributed by atoms with van der Waals surface area (Å²) < 4.78 is 12.1. The second kappa shape index (κ2) is 16.5. The van der Waals surface area contributed by atoms with Gasteiger partial charge in [0.1, 0.15) is 40.5 Å². The molecule has 2 aliphatic rings. The van der Waals surface area contributed by atoms with Crippen LogP contribution in [0.1, 0.15) is 57.1 Å². The molecule has 7 heterocycles. The average molecular weight is 799 g/mol. The van der Waals surface area contributed by atoms with Gasteiger partial charge in [-0.05, 0) is 88.1 Å². The maximum atomic E-state index is 13.6. The van der Waals surface area contributed by atoms with Crippen LogP contribution in [0, 0.1) is 24.7 Å². The summed E-state index contributed by atoms with van der Waals surface area (Å²) in [6.07, 6.45) is 7.11. The number of aromatic nitrogens is 5. The van der Waals surface area contributed by atoms with Gasteiger partial charge in [0.2, 0.25) is 11.8 Å². The van der Waals surface area contributed by atoms with Gasteiger partial charge in [-0.3, -0.25) is 40.0 Å². The molecule has 1 atom stereocenters. The lowest BCUT2D eigenvalue weighted by atomic mass is 9.83. The predicted molar refractivity (Wildman–Crippen MR) is 220 cm³/mol. The Kier molecular flexibility index (Phi) is 11.2. The molecule has 2 aliphatic heterocycles. The summed E-state index contributed by atoms with van der Waals surface area (Å²) in [5, 5.41) is 8.45. The molecular weight excluding hydrogens is 753 g/mol. The van der Waals surface area contributed by atoms with E-state index in [2.05, 4.69) is 40.9 Å². The first-order valence-electron chi connectivity index (χ1n) is 19.3. The van der Waals surface area contributed by atoms with E-state index in [0.717, 1.165) is 11.3 Å². The molecule has 0 bridgehead atoms. The number of carbonyl (C=O) groups is 4. The Labute approximate surface area is 341 Å². The van der Waals surface area contributed by atoms with Crippen LogP contribution in [-0.2, 0) is 16.0 Å². The average Bonchev–Trinajstić information content (AvgIpc) is 3.68. The zero-order valence-corrected chi connectivity index (χ0v) is 33.8. The van der Waals surface area contributed by atoms with Crippen LogP contribution < -0.4 is 25.4 Å². The predicted octanol–water partition coefficient (Wildman–Crippen LogP) is 7.77. The molecule has 0 saturated carbocycles. The van der Waals surface area contributed by atoms with E-state index in [1.807, 2.05) is 39.0 Å². The van der Waals surface area contributed by atoms with Crippen LogP contribution in [-0.4, -0.2) is 78.7 Å². The number of imide groups is 2. The molecule has 2 saturated heterocycles. The van der Waals surface area contributed by atoms with E-state index in [-0.39, 0.29) is 18.4 Å². The summed E-state index contributed by atoms with van der Waals surface area (Å²) in [6, 6.07) is 16.5. The molecule has 0 aromatic carbocycles. The first-order valence-corrected chi connectivity index (χ1v) is 19.3. The molecule has 6 amide bonds. The van der Waals surface area contributed by atoms with Crippen molar-refractivity contribution in [3.8, 4) is 34.3 Å². The zero-order valence-electron chi connectivity index (χ0n) is 33.8. The van der Waals surface area contributed by atoms with Gasteiger partial charge in [0.25, 0.3) is 0 Å². The van der Waals surface area contributed by atoms with Crippen molar-refractivity contribution < 1.29 is 28.7 Å². The number of anilines is 3. The Balaban J connectivity index is 0.936. The van der Waals surface area contributed by atoms with Gasteiger partial charge in [0.15, 0.2) is 0 Å². The molecular formula is C43H46N10O6. The Morgan fingerprint density at radius 3 is 1.86 bits per heavy atom. The first kappa shape index (κ1) is 40.2. The highest BCUT2D eigenvalue weighted by molar-refractivity contribution is 6.04. The van der Waals surface area contributed by atoms with E-state index in [1.54, 1.807) is 82.0 Å². The standard InChI is InChI=1S/C43H46N10O6/c1-26-33(7-9-35(48-26)50-40(56)52-21-16-42(3,4)38(52)54)58-30-13-19-46-32(24-30)28-12-18-45-29(23-28)11-15-43(5)17-22-53(39(43)55)41(57)51-36-10-8-34(27(2)49-36)59-31-14-20-47-37(25-31)44-6/h7-10,12-14,18-20,23-25H,11,15-17,21-22H2,1-6H3,(H,44,47)(H,48,50,56)(H,49,51,57). The van der Waals surface area contributed by atoms with Crippen LogP contribution in [0.5, 0.6) is 23.0 Å². The van der Waals surface area contributed by atoms with E-state index in [4.69, 9.17) is 9.47 Å². The quantitative estimate of drug-likeness (QED) is 0.118. The van der Waals surface area contributed by atoms with Crippen molar-refractivity contribution in [1.29, 1.82) is 0 Å². The molecule has 2 fully saturated rings. The van der Waals surface area contributed by atoms with Crippen LogP contribution in [0.15, 0.2) is 79.3 Å². The summed E-state index contributed by atoms with van der Waals surface area (Å²) in [5.74, 6) is 2.96. The molecule has 0 aliphatic carbocycles. The smallest absolute Gasteiger partial charge is 0.329 e. The number of likely N-dealkylation sites (tertiary alicyclic amines) is 2. The molecule has 16 nitrogen and oxygen atoms in total. The highest BCUT2D eigenvalue weighted by Gasteiger charge is 2.45. The van der Waals surface area contributed by atoms with Gasteiger partial charge in [-0.1, -0.05) is 20.8 Å². The van der Waals surface area contributed by atoms with Crippen LogP contribution in [0.4, 0.5) is 27.0 Å². The Morgan fingerprint density at radius 2 is 1.27 bits per heavy atom. The van der Waals surface area contributed by atoms with Crippen molar-refractivity contribution in [3.05, 3.63) is 96.3 Å². The number of urea groups is 2. The van der Waals surface area contributed by atoms with Crippen LogP contribution >= 0.6 is 0 Å². The van der Waals surface area contributed by atoms with E-state index >= 15 is 0 Å². The number of carbonyl (C=O) groups excluding carboxylic acids is 4. The SMILES string of the molecule is CNc1cc(Oc2ccc(NC(=O)N3CCC(C)(CCc4cc(-c5cc(Oc6ccc(NC(=O)N7CCC(C)(C)C7=O)nc6C)ccn5)ccn4)C3=O)nc2C)ccn1. The molecule has 5 aromatic rings. The van der Waals surface area contributed by atoms with Crippen molar-refractivity contribution in [2.24, 2.45) is 10.8 Å². The number of hydrogen-bond acceptors (Lipinski definition) is 12. The molecule has 7 rings (SSSR count). The van der Waals surface area contributed by atoms with Gasteiger partial charge in [0.05, 0.1) is 17.1 Å². The summed E-state index contributed by atoms with van der Waals surface area (Å²) in [7, 11) is 1.77. The number of nitrogens with one attached hydrogen (secondary N) is 3. The van der Waals surface area contributed by atoms with Crippen molar-refractivity contribution in [2.45, 2.75) is 60.3 Å². The van der Waals surface area contributed by atoms with Gasteiger partial charge in [-0.15, -0.1) is 0 Å². The Hall–Kier alpha value is -6.97. The highest BCUT2D eigenvalue weighted by atomic mass is 16.5. The Morgan fingerprint density at radius 1 is 0.695 bits per heavy atom. The molecule has 16 heteroatoms. The fourth-order valence-corrected chi connectivity index (χ4v) is 6.96. The molecule has 0 spiro atoms. The molecule has 59 heavy (non-hydrogen) atoms. The number of rotatable bonds is 11. The van der Waals surface area contributed by atoms with Crippen molar-refractivity contribution >= 4 is 41.3 Å². The number of nitrogens with zero attached hydrogens (tertiary/aromatic N) is 7. The summed E-state index contributed by atoms with van der Waals surface area (Å²) in [4.78, 5) is 77.0. The maximum Gasteiger partial charge on any atom is 0.329 e. The van der Waals surface area contributed by atoms with Crippen molar-refractivity contribution in [2.75, 3.05) is 36.1 Å². The maximum absolute atomic E-state index is 13.6. The van der Waals surface area contributed by atoms with E-state index in [0.29, 0.717) is 89.8 Å². The lowest BCUT2D eigenvalue weighted by molar-refractivity contribution is -0.133. The normalized spacial score (nSPS) is 17.2. The molecule has 1 unspecified atom stereocenters. The van der Waals surface area contributed by atoms with Crippen molar-refractivity contribution in [3.63, 3.8) is 0 Å². The Bertz CT molecular complexity index is 2440. The number of aryl methyl sites for hydroxylation is 3. The van der Waals surface area contributed by atoms with Gasteiger partial charge in [-0.2, -0.15) is 0 Å². The van der Waals surface area contributed by atoms with Crippen LogP contribution in [0.3, 0.4) is 0 Å². The topological polar surface area (TPSA) is 194 Å². The number of amides is 6. The van der Waals surface area contributed by atoms with E-state index in [9.17, 15) is 19.2 Å². The minimum atomic E-state index is -0.758. The van der Waals surface area contributed by atoms with Crippen LogP contribution in [0.2, 0.25) is 0 Å². The summed E-state index contributed by atoms with van der Waals surface area (Å²) >= 11 is 0. The lowest BCUT2D eigenvalue weighted by Crippen LogP contribution is -2.40. The summed E-state index contributed by atoms with van der Waals surface area (Å²) in [5.41, 5.74) is 2.04. The second-order valence-electron chi connectivity index (χ2n) is 15.5. The van der Waals surface area contributed by atoms with E-state index in [1.165, 1.54) is 9.80 Å². The lowest BCUT2D eigenvalue weighted by Gasteiger charge is -2.22. The number of pyridine rings is 5. The van der Waals surface area contributed by atoms with Crippen molar-refractivity contribution in [1.82, 2.24) is 34.7 Å². The third-order valence-electron chi connectivity index (χ3n) is 10.7. The van der Waals surface area contributed by atoms with Gasteiger partial charge < -0.3 is 14.8 Å². The summed E-state index contributed by atoms with van der Waals surface area (Å²) in [6.45, 7) is 9.73. The minimum Gasteiger partial charge on any atom is -0.455 e. The van der Waals surface area contributed by atoms with Gasteiger partial charge >= 0.3 is 12.1 Å². The fourth-order valence-electron chi connectivity index (χ4n) is 6.96. The number of hydrogen-bond donors (Lipinski definition) is 3. The third kappa shape index (κ3) is 8.96. The first-order chi connectivity index (χ1) is 28.2. The van der Waals surface area contributed by atoms with Gasteiger partial charge in [0, 0.05) is 72.9 Å². The third-order valence-corrected chi connectivity index (χ3v) is 10.7. The van der Waals surface area contributed by atoms with E-state index < -0.39 is 22.9 Å². The molecule has 0 radical (unpaired) electrons. The molecule has 304 valence electrons. The highest BCUT2D eigenvalue weighted by Crippen LogP contribution is 2.37. The zero-order chi connectivity index (χ0) is 41.9. The number of ether oxygens (including phenoxy) is 2. The van der Waals surface area contributed by atoms with Gasteiger partial charge in [-0.25, -0.2) is 24.5 Å². The monoisotopic (exact) mass is 798 g/mol. The molecule has 3 N–H and O–H groups in total. The largest absolute Gasteiger partial charge is 0.455 e. The second-order valence-corrected chi connectivity index (χ2v) is 15.5.